The van der Waals surface area contributed by atoms with Gasteiger partial charge in [-0.3, -0.25) is 4.79 Å². The minimum atomic E-state index is -0.841. The van der Waals surface area contributed by atoms with Crippen LogP contribution in [-0.4, -0.2) is 26.0 Å². The molecule has 5 heteroatoms. The van der Waals surface area contributed by atoms with Crippen LogP contribution < -0.4 is 0 Å². The van der Waals surface area contributed by atoms with Crippen LogP contribution in [0.15, 0.2) is 30.6 Å². The number of carboxylic acids is 1. The molecule has 0 aliphatic rings. The van der Waals surface area contributed by atoms with Gasteiger partial charge in [-0.25, -0.2) is 9.97 Å². The first kappa shape index (κ1) is 11.3. The molecule has 5 nitrogen and oxygen atoms in total. The largest absolute Gasteiger partial charge is 0.481 e. The van der Waals surface area contributed by atoms with E-state index in [1.54, 1.807) is 12.3 Å². The number of aromatic amines is 1. The molecule has 2 rings (SSSR count). The summed E-state index contributed by atoms with van der Waals surface area (Å²) >= 11 is 0. The van der Waals surface area contributed by atoms with Gasteiger partial charge in [0.25, 0.3) is 0 Å². The Morgan fingerprint density at radius 3 is 3.00 bits per heavy atom. The van der Waals surface area contributed by atoms with Crippen molar-refractivity contribution >= 4 is 5.97 Å². The molecule has 0 saturated carbocycles. The zero-order chi connectivity index (χ0) is 12.3. The van der Waals surface area contributed by atoms with Crippen molar-refractivity contribution in [3.05, 3.63) is 36.4 Å². The first-order valence-corrected chi connectivity index (χ1v) is 5.35. The van der Waals surface area contributed by atoms with Gasteiger partial charge < -0.3 is 10.1 Å². The number of carboxylic acid groups (broad SMARTS) is 1. The Kier molecular flexibility index (Phi) is 3.18. The zero-order valence-electron chi connectivity index (χ0n) is 9.42. The van der Waals surface area contributed by atoms with E-state index in [0.29, 0.717) is 5.82 Å². The van der Waals surface area contributed by atoms with E-state index < -0.39 is 5.97 Å². The van der Waals surface area contributed by atoms with Gasteiger partial charge in [0.1, 0.15) is 5.82 Å². The minimum Gasteiger partial charge on any atom is -0.481 e. The maximum atomic E-state index is 10.6. The highest BCUT2D eigenvalue weighted by Crippen LogP contribution is 2.19. The van der Waals surface area contributed by atoms with Crippen molar-refractivity contribution in [2.45, 2.75) is 19.3 Å². The van der Waals surface area contributed by atoms with Crippen molar-refractivity contribution in [3.63, 3.8) is 0 Å². The summed E-state index contributed by atoms with van der Waals surface area (Å²) < 4.78 is 0. The molecule has 1 unspecified atom stereocenters. The summed E-state index contributed by atoms with van der Waals surface area (Å²) in [7, 11) is 0. The Labute approximate surface area is 98.6 Å². The van der Waals surface area contributed by atoms with Crippen LogP contribution >= 0.6 is 0 Å². The lowest BCUT2D eigenvalue weighted by Gasteiger charge is -2.07. The smallest absolute Gasteiger partial charge is 0.304 e. The molecule has 0 aromatic carbocycles. The van der Waals surface area contributed by atoms with Gasteiger partial charge in [0.2, 0.25) is 0 Å². The van der Waals surface area contributed by atoms with Crippen molar-refractivity contribution in [1.82, 2.24) is 15.0 Å². The number of H-pyrrole nitrogens is 1. The number of aliphatic carboxylic acids is 1. The van der Waals surface area contributed by atoms with Crippen LogP contribution in [-0.2, 0) is 4.79 Å². The third-order valence-corrected chi connectivity index (χ3v) is 2.47. The van der Waals surface area contributed by atoms with E-state index in [1.165, 1.54) is 0 Å². The molecule has 2 N–H and O–H groups in total. The molecule has 0 aliphatic carbocycles. The fourth-order valence-electron chi connectivity index (χ4n) is 1.60. The average Bonchev–Trinajstić information content (AvgIpc) is 2.82. The average molecular weight is 231 g/mol. The molecular formula is C12H13N3O2. The van der Waals surface area contributed by atoms with Gasteiger partial charge in [-0.1, -0.05) is 6.92 Å². The molecule has 0 spiro atoms. The van der Waals surface area contributed by atoms with Gasteiger partial charge in [0, 0.05) is 18.3 Å². The summed E-state index contributed by atoms with van der Waals surface area (Å²) in [6.45, 7) is 1.81. The van der Waals surface area contributed by atoms with Gasteiger partial charge in [0.15, 0.2) is 0 Å². The maximum Gasteiger partial charge on any atom is 0.304 e. The van der Waals surface area contributed by atoms with Crippen molar-refractivity contribution < 1.29 is 9.90 Å². The lowest BCUT2D eigenvalue weighted by molar-refractivity contribution is -0.137. The highest BCUT2D eigenvalue weighted by molar-refractivity contribution is 5.67. The Morgan fingerprint density at radius 1 is 1.53 bits per heavy atom. The van der Waals surface area contributed by atoms with Crippen LogP contribution in [0, 0.1) is 0 Å². The molecule has 2 aromatic heterocycles. The summed E-state index contributed by atoms with van der Waals surface area (Å²) in [6.07, 6.45) is 3.50. The second-order valence-electron chi connectivity index (χ2n) is 3.88. The summed E-state index contributed by atoms with van der Waals surface area (Å²) in [5.74, 6) is -0.478. The van der Waals surface area contributed by atoms with Crippen LogP contribution in [0.5, 0.6) is 0 Å². The summed E-state index contributed by atoms with van der Waals surface area (Å²) in [6, 6.07) is 5.59. The molecule has 0 radical (unpaired) electrons. The molecule has 0 amide bonds. The van der Waals surface area contributed by atoms with E-state index in [9.17, 15) is 4.79 Å². The summed E-state index contributed by atoms with van der Waals surface area (Å²) in [4.78, 5) is 22.2. The van der Waals surface area contributed by atoms with Crippen molar-refractivity contribution in [3.8, 4) is 11.4 Å². The summed E-state index contributed by atoms with van der Waals surface area (Å²) in [5, 5.41) is 8.74. The van der Waals surface area contributed by atoms with Gasteiger partial charge in [0.05, 0.1) is 17.8 Å². The van der Waals surface area contributed by atoms with E-state index in [1.807, 2.05) is 25.3 Å². The van der Waals surface area contributed by atoms with Crippen LogP contribution in [0.3, 0.4) is 0 Å². The molecule has 0 bridgehead atoms. The Morgan fingerprint density at radius 2 is 2.35 bits per heavy atom. The molecule has 0 aliphatic heterocycles. The summed E-state index contributed by atoms with van der Waals surface area (Å²) in [5.41, 5.74) is 1.67. The molecule has 88 valence electrons. The number of aromatic nitrogens is 3. The Bertz CT molecular complexity index is 508. The minimum absolute atomic E-state index is 0.0359. The van der Waals surface area contributed by atoms with E-state index >= 15 is 0 Å². The number of carbonyl (C=O) groups is 1. The van der Waals surface area contributed by atoms with E-state index in [2.05, 4.69) is 15.0 Å². The topological polar surface area (TPSA) is 78.9 Å². The van der Waals surface area contributed by atoms with Gasteiger partial charge in [-0.05, 0) is 18.2 Å². The number of rotatable bonds is 4. The van der Waals surface area contributed by atoms with E-state index in [0.717, 1.165) is 11.4 Å². The normalized spacial score (nSPS) is 12.3. The highest BCUT2D eigenvalue weighted by Gasteiger charge is 2.13. The predicted molar refractivity (Wildman–Crippen MR) is 62.5 cm³/mol. The van der Waals surface area contributed by atoms with Gasteiger partial charge in [-0.2, -0.15) is 0 Å². The van der Waals surface area contributed by atoms with Crippen LogP contribution in [0.4, 0.5) is 0 Å². The lowest BCUT2D eigenvalue weighted by Crippen LogP contribution is -2.07. The van der Waals surface area contributed by atoms with Gasteiger partial charge >= 0.3 is 5.97 Å². The number of hydrogen-bond donors (Lipinski definition) is 2. The number of nitrogens with one attached hydrogen (secondary N) is 1. The fraction of sp³-hybridized carbons (Fsp3) is 0.250. The number of hydrogen-bond acceptors (Lipinski definition) is 3. The molecule has 17 heavy (non-hydrogen) atoms. The lowest BCUT2D eigenvalue weighted by atomic mass is 10.1. The monoisotopic (exact) mass is 231 g/mol. The first-order chi connectivity index (χ1) is 8.16. The Balaban J connectivity index is 2.25. The molecule has 0 fully saturated rings. The van der Waals surface area contributed by atoms with E-state index in [4.69, 9.17) is 5.11 Å². The third-order valence-electron chi connectivity index (χ3n) is 2.47. The SMILES string of the molecule is CC(CC(=O)O)c1nccc(-c2ccc[nH]2)n1. The fourth-order valence-corrected chi connectivity index (χ4v) is 1.60. The van der Waals surface area contributed by atoms with Gasteiger partial charge in [-0.15, -0.1) is 0 Å². The maximum absolute atomic E-state index is 10.6. The van der Waals surface area contributed by atoms with Crippen LogP contribution in [0.2, 0.25) is 0 Å². The second kappa shape index (κ2) is 4.78. The van der Waals surface area contributed by atoms with Crippen LogP contribution in [0.25, 0.3) is 11.4 Å². The second-order valence-corrected chi connectivity index (χ2v) is 3.88. The Hall–Kier alpha value is -2.17. The van der Waals surface area contributed by atoms with Crippen molar-refractivity contribution in [2.24, 2.45) is 0 Å². The molecule has 1 atom stereocenters. The third kappa shape index (κ3) is 2.69. The zero-order valence-corrected chi connectivity index (χ0v) is 9.42. The van der Waals surface area contributed by atoms with Crippen LogP contribution in [0.1, 0.15) is 25.1 Å². The quantitative estimate of drug-likeness (QED) is 0.844. The molecule has 0 saturated heterocycles. The number of nitrogens with zero attached hydrogens (tertiary/aromatic N) is 2. The predicted octanol–water partition coefficient (Wildman–Crippen LogP) is 2.05. The van der Waals surface area contributed by atoms with Crippen molar-refractivity contribution in [2.75, 3.05) is 0 Å². The highest BCUT2D eigenvalue weighted by atomic mass is 16.4. The first-order valence-electron chi connectivity index (χ1n) is 5.35. The molecule has 2 heterocycles. The molecule has 2 aromatic rings. The molecular weight excluding hydrogens is 218 g/mol. The van der Waals surface area contributed by atoms with E-state index in [-0.39, 0.29) is 12.3 Å². The standard InChI is InChI=1S/C12H13N3O2/c1-8(7-11(16)17)12-14-6-4-10(15-12)9-3-2-5-13-9/h2-6,8,13H,7H2,1H3,(H,16,17). The van der Waals surface area contributed by atoms with Crippen molar-refractivity contribution in [1.29, 1.82) is 0 Å².